The maximum absolute atomic E-state index is 11.4. The average Bonchev–Trinajstić information content (AvgIpc) is 2.71. The van der Waals surface area contributed by atoms with Crippen molar-refractivity contribution >= 4 is 5.97 Å². The van der Waals surface area contributed by atoms with Crippen molar-refractivity contribution in [1.29, 1.82) is 0 Å². The van der Waals surface area contributed by atoms with Gasteiger partial charge in [-0.05, 0) is 49.9 Å². The third-order valence-electron chi connectivity index (χ3n) is 3.09. The van der Waals surface area contributed by atoms with E-state index in [9.17, 15) is 9.90 Å². The molecule has 1 aliphatic carbocycles. The van der Waals surface area contributed by atoms with Gasteiger partial charge in [0, 0.05) is 0 Å². The van der Waals surface area contributed by atoms with E-state index in [1.54, 1.807) is 19.9 Å². The Balaban J connectivity index is 2.05. The molecule has 1 N–H and O–H groups in total. The van der Waals surface area contributed by atoms with E-state index in [2.05, 4.69) is 0 Å². The number of fused-ring (bicyclic) bond motifs is 1. The Kier molecular flexibility index (Phi) is 3.87. The van der Waals surface area contributed by atoms with Crippen LogP contribution in [0.3, 0.4) is 0 Å². The molecule has 0 saturated carbocycles. The minimum absolute atomic E-state index is 0.350. The molecule has 0 spiro atoms. The predicted molar refractivity (Wildman–Crippen MR) is 66.4 cm³/mol. The summed E-state index contributed by atoms with van der Waals surface area (Å²) in [4.78, 5) is 11.4. The number of esters is 1. The Bertz CT molecular complexity index is 441. The van der Waals surface area contributed by atoms with Gasteiger partial charge >= 0.3 is 5.97 Å². The summed E-state index contributed by atoms with van der Waals surface area (Å²) in [6, 6.07) is 5.53. The molecular formula is C14H18O4. The number of rotatable bonds is 4. The number of aliphatic hydroxyl groups excluding tert-OH is 1. The van der Waals surface area contributed by atoms with Gasteiger partial charge in [-0.25, -0.2) is 4.79 Å². The fourth-order valence-electron chi connectivity index (χ4n) is 2.16. The van der Waals surface area contributed by atoms with Crippen molar-refractivity contribution < 1.29 is 19.4 Å². The first kappa shape index (κ1) is 12.9. The van der Waals surface area contributed by atoms with Crippen molar-refractivity contribution in [2.75, 3.05) is 6.61 Å². The lowest BCUT2D eigenvalue weighted by Crippen LogP contribution is -2.26. The molecule has 1 aliphatic rings. The SMILES string of the molecule is CCOC(=O)C(C)Oc1ccc2c(c1)CCC2O. The number of carbonyl (C=O) groups excluding carboxylic acids is 1. The van der Waals surface area contributed by atoms with Crippen LogP contribution < -0.4 is 4.74 Å². The Hall–Kier alpha value is -1.55. The van der Waals surface area contributed by atoms with Crippen LogP contribution in [0.25, 0.3) is 0 Å². The molecule has 2 unspecified atom stereocenters. The molecular weight excluding hydrogens is 232 g/mol. The van der Waals surface area contributed by atoms with Crippen molar-refractivity contribution in [2.24, 2.45) is 0 Å². The standard InChI is InChI=1S/C14H18O4/c1-3-17-14(16)9(2)18-11-5-6-12-10(8-11)4-7-13(12)15/h5-6,8-9,13,15H,3-4,7H2,1-2H3. The van der Waals surface area contributed by atoms with Gasteiger partial charge in [-0.3, -0.25) is 0 Å². The number of aryl methyl sites for hydroxylation is 1. The van der Waals surface area contributed by atoms with Crippen LogP contribution in [0.15, 0.2) is 18.2 Å². The first-order chi connectivity index (χ1) is 8.61. The van der Waals surface area contributed by atoms with E-state index in [0.29, 0.717) is 12.4 Å². The minimum atomic E-state index is -0.616. The van der Waals surface area contributed by atoms with Crippen LogP contribution in [0.2, 0.25) is 0 Å². The maximum atomic E-state index is 11.4. The average molecular weight is 250 g/mol. The smallest absolute Gasteiger partial charge is 0.347 e. The van der Waals surface area contributed by atoms with E-state index in [1.807, 2.05) is 12.1 Å². The molecule has 4 nitrogen and oxygen atoms in total. The summed E-state index contributed by atoms with van der Waals surface area (Å²) in [5.74, 6) is 0.279. The fraction of sp³-hybridized carbons (Fsp3) is 0.500. The molecule has 4 heteroatoms. The predicted octanol–water partition coefficient (Wildman–Crippen LogP) is 2.00. The Morgan fingerprint density at radius 1 is 1.56 bits per heavy atom. The zero-order valence-corrected chi connectivity index (χ0v) is 10.7. The highest BCUT2D eigenvalue weighted by atomic mass is 16.6. The van der Waals surface area contributed by atoms with Crippen LogP contribution in [0.1, 0.15) is 37.5 Å². The molecule has 0 bridgehead atoms. The molecule has 0 saturated heterocycles. The Morgan fingerprint density at radius 3 is 3.06 bits per heavy atom. The summed E-state index contributed by atoms with van der Waals surface area (Å²) < 4.78 is 10.4. The van der Waals surface area contributed by atoms with Crippen molar-refractivity contribution in [3.8, 4) is 5.75 Å². The van der Waals surface area contributed by atoms with E-state index < -0.39 is 6.10 Å². The van der Waals surface area contributed by atoms with Crippen molar-refractivity contribution in [2.45, 2.75) is 38.9 Å². The lowest BCUT2D eigenvalue weighted by molar-refractivity contribution is -0.150. The Morgan fingerprint density at radius 2 is 2.33 bits per heavy atom. The Labute approximate surface area is 107 Å². The van der Waals surface area contributed by atoms with Crippen LogP contribution in [0.5, 0.6) is 5.75 Å². The second-order valence-electron chi connectivity index (χ2n) is 4.43. The van der Waals surface area contributed by atoms with Gasteiger partial charge in [0.1, 0.15) is 5.75 Å². The minimum Gasteiger partial charge on any atom is -0.479 e. The molecule has 0 amide bonds. The molecule has 2 atom stereocenters. The second kappa shape index (κ2) is 5.40. The number of ether oxygens (including phenoxy) is 2. The molecule has 0 heterocycles. The highest BCUT2D eigenvalue weighted by Crippen LogP contribution is 2.33. The van der Waals surface area contributed by atoms with Crippen molar-refractivity contribution in [3.63, 3.8) is 0 Å². The van der Waals surface area contributed by atoms with E-state index in [1.165, 1.54) is 0 Å². The van der Waals surface area contributed by atoms with E-state index in [4.69, 9.17) is 9.47 Å². The first-order valence-electron chi connectivity index (χ1n) is 6.26. The number of hydrogen-bond acceptors (Lipinski definition) is 4. The van der Waals surface area contributed by atoms with Gasteiger partial charge in [0.25, 0.3) is 0 Å². The molecule has 0 aliphatic heterocycles. The quantitative estimate of drug-likeness (QED) is 0.830. The molecule has 0 radical (unpaired) electrons. The first-order valence-corrected chi connectivity index (χ1v) is 6.26. The van der Waals surface area contributed by atoms with Gasteiger partial charge < -0.3 is 14.6 Å². The van der Waals surface area contributed by atoms with Gasteiger partial charge in [-0.2, -0.15) is 0 Å². The van der Waals surface area contributed by atoms with E-state index >= 15 is 0 Å². The lowest BCUT2D eigenvalue weighted by Gasteiger charge is -2.14. The van der Waals surface area contributed by atoms with Gasteiger partial charge in [0.05, 0.1) is 12.7 Å². The molecule has 98 valence electrons. The van der Waals surface area contributed by atoms with Crippen molar-refractivity contribution in [1.82, 2.24) is 0 Å². The van der Waals surface area contributed by atoms with Crippen molar-refractivity contribution in [3.05, 3.63) is 29.3 Å². The summed E-state index contributed by atoms with van der Waals surface area (Å²) >= 11 is 0. The second-order valence-corrected chi connectivity index (χ2v) is 4.43. The zero-order chi connectivity index (χ0) is 13.1. The summed E-state index contributed by atoms with van der Waals surface area (Å²) in [6.07, 6.45) is 0.624. The van der Waals surface area contributed by atoms with Crippen LogP contribution in [0.4, 0.5) is 0 Å². The lowest BCUT2D eigenvalue weighted by atomic mass is 10.1. The fourth-order valence-corrected chi connectivity index (χ4v) is 2.16. The number of carbonyl (C=O) groups is 1. The normalized spacial score (nSPS) is 19.2. The summed E-state index contributed by atoms with van der Waals surface area (Å²) in [5, 5.41) is 9.70. The third kappa shape index (κ3) is 2.64. The third-order valence-corrected chi connectivity index (χ3v) is 3.09. The van der Waals surface area contributed by atoms with Gasteiger partial charge in [0.15, 0.2) is 6.10 Å². The van der Waals surface area contributed by atoms with Crippen LogP contribution in [-0.2, 0) is 16.0 Å². The van der Waals surface area contributed by atoms with Crippen LogP contribution in [0, 0.1) is 0 Å². The summed E-state index contributed by atoms with van der Waals surface area (Å²) in [7, 11) is 0. The zero-order valence-electron chi connectivity index (χ0n) is 10.7. The number of benzene rings is 1. The van der Waals surface area contributed by atoms with E-state index in [-0.39, 0.29) is 12.1 Å². The highest BCUT2D eigenvalue weighted by molar-refractivity contribution is 5.74. The highest BCUT2D eigenvalue weighted by Gasteiger charge is 2.21. The number of hydrogen-bond donors (Lipinski definition) is 1. The molecule has 0 aromatic heterocycles. The molecule has 18 heavy (non-hydrogen) atoms. The molecule has 2 rings (SSSR count). The number of aliphatic hydroxyl groups is 1. The van der Waals surface area contributed by atoms with Gasteiger partial charge in [-0.15, -0.1) is 0 Å². The van der Waals surface area contributed by atoms with Crippen LogP contribution >= 0.6 is 0 Å². The summed E-state index contributed by atoms with van der Waals surface area (Å²) in [5.41, 5.74) is 2.06. The monoisotopic (exact) mass is 250 g/mol. The van der Waals surface area contributed by atoms with E-state index in [0.717, 1.165) is 24.0 Å². The largest absolute Gasteiger partial charge is 0.479 e. The molecule has 1 aromatic rings. The van der Waals surface area contributed by atoms with Gasteiger partial charge in [0.2, 0.25) is 0 Å². The van der Waals surface area contributed by atoms with Crippen LogP contribution in [-0.4, -0.2) is 23.8 Å². The van der Waals surface area contributed by atoms with Gasteiger partial charge in [-0.1, -0.05) is 6.07 Å². The molecule has 0 fully saturated rings. The summed E-state index contributed by atoms with van der Waals surface area (Å²) in [6.45, 7) is 3.78. The molecule has 1 aromatic carbocycles. The maximum Gasteiger partial charge on any atom is 0.347 e. The topological polar surface area (TPSA) is 55.8 Å².